The van der Waals surface area contributed by atoms with Crippen LogP contribution in [0.3, 0.4) is 0 Å². The van der Waals surface area contributed by atoms with Gasteiger partial charge in [-0.3, -0.25) is 0 Å². The maximum absolute atomic E-state index is 9.66. The number of benzene rings is 1. The first kappa shape index (κ1) is 12.9. The zero-order chi connectivity index (χ0) is 11.8. The second kappa shape index (κ2) is 7.20. The van der Waals surface area contributed by atoms with Gasteiger partial charge in [-0.05, 0) is 12.0 Å². The molecule has 1 aromatic carbocycles. The van der Waals surface area contributed by atoms with E-state index in [0.29, 0.717) is 19.6 Å². The van der Waals surface area contributed by atoms with E-state index in [9.17, 15) is 5.11 Å². The maximum Gasteiger partial charge on any atom is 0.0717 e. The summed E-state index contributed by atoms with van der Waals surface area (Å²) in [4.78, 5) is 0. The molecule has 0 unspecified atom stereocenters. The fourth-order valence-electron chi connectivity index (χ4n) is 1.45. The molecular formula is C14H20O2. The normalized spacial score (nSPS) is 14.4. The van der Waals surface area contributed by atoms with Crippen LogP contribution < -0.4 is 0 Å². The van der Waals surface area contributed by atoms with E-state index in [-0.39, 0.29) is 12.0 Å². The number of aliphatic hydroxyl groups is 1. The summed E-state index contributed by atoms with van der Waals surface area (Å²) < 4.78 is 5.55. The standard InChI is InChI=1S/C14H20O2/c1-3-7-14(15)12(2)10-16-11-13-8-5-4-6-9-13/h3-6,8-9,12,14-15H,1,7,10-11H2,2H3/t12-,14-/m1/s1. The van der Waals surface area contributed by atoms with Crippen LogP contribution in [0.4, 0.5) is 0 Å². The summed E-state index contributed by atoms with van der Waals surface area (Å²) in [6, 6.07) is 10.0. The Morgan fingerprint density at radius 2 is 2.06 bits per heavy atom. The van der Waals surface area contributed by atoms with Gasteiger partial charge in [0.1, 0.15) is 0 Å². The van der Waals surface area contributed by atoms with Crippen LogP contribution in [-0.2, 0) is 11.3 Å². The molecule has 0 heterocycles. The average Bonchev–Trinajstić information content (AvgIpc) is 2.30. The molecule has 0 amide bonds. The van der Waals surface area contributed by atoms with Crippen molar-refractivity contribution in [3.8, 4) is 0 Å². The van der Waals surface area contributed by atoms with E-state index in [2.05, 4.69) is 6.58 Å². The topological polar surface area (TPSA) is 29.5 Å². The summed E-state index contributed by atoms with van der Waals surface area (Å²) in [6.45, 7) is 6.77. The third-order valence-corrected chi connectivity index (χ3v) is 2.56. The van der Waals surface area contributed by atoms with Gasteiger partial charge in [0.15, 0.2) is 0 Å². The maximum atomic E-state index is 9.66. The van der Waals surface area contributed by atoms with Crippen LogP contribution in [0.2, 0.25) is 0 Å². The minimum absolute atomic E-state index is 0.140. The molecule has 2 nitrogen and oxygen atoms in total. The van der Waals surface area contributed by atoms with E-state index in [1.165, 1.54) is 0 Å². The molecular weight excluding hydrogens is 200 g/mol. The van der Waals surface area contributed by atoms with Crippen LogP contribution in [0, 0.1) is 5.92 Å². The molecule has 0 saturated heterocycles. The largest absolute Gasteiger partial charge is 0.392 e. The van der Waals surface area contributed by atoms with Crippen molar-refractivity contribution in [2.75, 3.05) is 6.61 Å². The van der Waals surface area contributed by atoms with Gasteiger partial charge in [-0.2, -0.15) is 0 Å². The Bertz CT molecular complexity index is 295. The van der Waals surface area contributed by atoms with Gasteiger partial charge in [0.2, 0.25) is 0 Å². The molecule has 0 radical (unpaired) electrons. The van der Waals surface area contributed by atoms with Gasteiger partial charge in [0, 0.05) is 5.92 Å². The highest BCUT2D eigenvalue weighted by molar-refractivity contribution is 5.13. The molecule has 0 aliphatic heterocycles. The molecule has 16 heavy (non-hydrogen) atoms. The highest BCUT2D eigenvalue weighted by Crippen LogP contribution is 2.09. The van der Waals surface area contributed by atoms with E-state index in [4.69, 9.17) is 4.74 Å². The average molecular weight is 220 g/mol. The lowest BCUT2D eigenvalue weighted by Crippen LogP contribution is -2.21. The molecule has 1 N–H and O–H groups in total. The number of ether oxygens (including phenoxy) is 1. The van der Waals surface area contributed by atoms with E-state index in [1.807, 2.05) is 37.3 Å². The lowest BCUT2D eigenvalue weighted by atomic mass is 10.0. The van der Waals surface area contributed by atoms with Gasteiger partial charge in [-0.1, -0.05) is 43.3 Å². The van der Waals surface area contributed by atoms with Crippen molar-refractivity contribution in [3.63, 3.8) is 0 Å². The smallest absolute Gasteiger partial charge is 0.0717 e. The monoisotopic (exact) mass is 220 g/mol. The fourth-order valence-corrected chi connectivity index (χ4v) is 1.45. The zero-order valence-electron chi connectivity index (χ0n) is 9.80. The summed E-state index contributed by atoms with van der Waals surface area (Å²) >= 11 is 0. The Morgan fingerprint density at radius 3 is 2.69 bits per heavy atom. The lowest BCUT2D eigenvalue weighted by molar-refractivity contribution is 0.0303. The van der Waals surface area contributed by atoms with Crippen molar-refractivity contribution in [1.29, 1.82) is 0 Å². The number of hydrogen-bond donors (Lipinski definition) is 1. The minimum Gasteiger partial charge on any atom is -0.392 e. The Labute approximate surface area is 97.6 Å². The fraction of sp³-hybridized carbons (Fsp3) is 0.429. The van der Waals surface area contributed by atoms with Crippen LogP contribution >= 0.6 is 0 Å². The van der Waals surface area contributed by atoms with Gasteiger partial charge in [0.25, 0.3) is 0 Å². The van der Waals surface area contributed by atoms with E-state index in [0.717, 1.165) is 5.56 Å². The van der Waals surface area contributed by atoms with Gasteiger partial charge < -0.3 is 9.84 Å². The van der Waals surface area contributed by atoms with Gasteiger partial charge >= 0.3 is 0 Å². The van der Waals surface area contributed by atoms with Crippen molar-refractivity contribution in [2.24, 2.45) is 5.92 Å². The first-order valence-corrected chi connectivity index (χ1v) is 5.64. The Balaban J connectivity index is 2.22. The minimum atomic E-state index is -0.353. The predicted molar refractivity (Wildman–Crippen MR) is 66.1 cm³/mol. The molecule has 0 fully saturated rings. The van der Waals surface area contributed by atoms with Gasteiger partial charge in [-0.25, -0.2) is 0 Å². The molecule has 2 heteroatoms. The summed E-state index contributed by atoms with van der Waals surface area (Å²) in [5, 5.41) is 9.66. The van der Waals surface area contributed by atoms with Crippen LogP contribution in [0.15, 0.2) is 43.0 Å². The van der Waals surface area contributed by atoms with Gasteiger partial charge in [-0.15, -0.1) is 6.58 Å². The molecule has 1 aromatic rings. The van der Waals surface area contributed by atoms with Crippen molar-refractivity contribution < 1.29 is 9.84 Å². The zero-order valence-corrected chi connectivity index (χ0v) is 9.80. The highest BCUT2D eigenvalue weighted by Gasteiger charge is 2.12. The van der Waals surface area contributed by atoms with Crippen molar-refractivity contribution in [3.05, 3.63) is 48.6 Å². The predicted octanol–water partition coefficient (Wildman–Crippen LogP) is 2.78. The van der Waals surface area contributed by atoms with Crippen LogP contribution in [0.5, 0.6) is 0 Å². The van der Waals surface area contributed by atoms with E-state index < -0.39 is 0 Å². The third-order valence-electron chi connectivity index (χ3n) is 2.56. The number of aliphatic hydroxyl groups excluding tert-OH is 1. The number of rotatable bonds is 7. The lowest BCUT2D eigenvalue weighted by Gasteiger charge is -2.17. The van der Waals surface area contributed by atoms with Crippen molar-refractivity contribution in [1.82, 2.24) is 0 Å². The molecule has 88 valence electrons. The second-order valence-corrected chi connectivity index (χ2v) is 4.07. The van der Waals surface area contributed by atoms with Crippen LogP contribution in [0.25, 0.3) is 0 Å². The Hall–Kier alpha value is -1.12. The molecule has 2 atom stereocenters. The van der Waals surface area contributed by atoms with Crippen LogP contribution in [-0.4, -0.2) is 17.8 Å². The summed E-state index contributed by atoms with van der Waals surface area (Å²) in [5.74, 6) is 0.140. The summed E-state index contributed by atoms with van der Waals surface area (Å²) in [5.41, 5.74) is 1.16. The first-order valence-electron chi connectivity index (χ1n) is 5.64. The third kappa shape index (κ3) is 4.60. The van der Waals surface area contributed by atoms with E-state index >= 15 is 0 Å². The quantitative estimate of drug-likeness (QED) is 0.716. The molecule has 0 bridgehead atoms. The molecule has 0 aliphatic rings. The summed E-state index contributed by atoms with van der Waals surface area (Å²) in [7, 11) is 0. The van der Waals surface area contributed by atoms with E-state index in [1.54, 1.807) is 6.08 Å². The Kier molecular flexibility index (Phi) is 5.83. The molecule has 0 aromatic heterocycles. The van der Waals surface area contributed by atoms with Crippen LogP contribution in [0.1, 0.15) is 18.9 Å². The summed E-state index contributed by atoms with van der Waals surface area (Å²) in [6.07, 6.45) is 2.00. The first-order chi connectivity index (χ1) is 7.74. The van der Waals surface area contributed by atoms with Gasteiger partial charge in [0.05, 0.1) is 19.3 Å². The second-order valence-electron chi connectivity index (χ2n) is 4.07. The van der Waals surface area contributed by atoms with Crippen molar-refractivity contribution >= 4 is 0 Å². The Morgan fingerprint density at radius 1 is 1.38 bits per heavy atom. The SMILES string of the molecule is C=CC[C@@H](O)[C@H](C)COCc1ccccc1. The molecule has 0 spiro atoms. The molecule has 0 aliphatic carbocycles. The molecule has 0 saturated carbocycles. The molecule has 1 rings (SSSR count). The number of hydrogen-bond acceptors (Lipinski definition) is 2. The van der Waals surface area contributed by atoms with Crippen molar-refractivity contribution in [2.45, 2.75) is 26.1 Å². The highest BCUT2D eigenvalue weighted by atomic mass is 16.5.